The van der Waals surface area contributed by atoms with E-state index in [1.807, 2.05) is 42.2 Å². The fraction of sp³-hybridized carbons (Fsp3) is 0.417. The average molecular weight is 456 g/mol. The largest absolute Gasteiger partial charge is 0.351 e. The molecule has 0 spiro atoms. The number of nitrogens with one attached hydrogen (secondary N) is 1. The van der Waals surface area contributed by atoms with Crippen molar-refractivity contribution in [2.45, 2.75) is 50.1 Å². The number of rotatable bonds is 7. The molecule has 0 aromatic heterocycles. The first-order valence-electron chi connectivity index (χ1n) is 11.0. The number of likely N-dealkylation sites (N-methyl/N-ethyl adjacent to an activating group) is 1. The number of fused-ring (bicyclic) bond motifs is 1. The maximum absolute atomic E-state index is 13.1. The second-order valence-electron chi connectivity index (χ2n) is 8.70. The number of hydrogen-bond donors (Lipinski definition) is 1. The number of anilines is 1. The molecule has 170 valence electrons. The van der Waals surface area contributed by atoms with Crippen LogP contribution in [0.2, 0.25) is 0 Å². The lowest BCUT2D eigenvalue weighted by molar-refractivity contribution is -0.125. The Morgan fingerprint density at radius 2 is 1.84 bits per heavy atom. The number of carbonyl (C=O) groups excluding carboxylic acids is 2. The van der Waals surface area contributed by atoms with E-state index in [0.29, 0.717) is 13.0 Å². The standard InChI is InChI=1S/C24H29N3O4S/c1-17-13-20-14-21(11-12-22(20)27(17)24(29)19-9-6-10-19)32(30,31)26(2)16-23(28)25-15-18-7-4-3-5-8-18/h3-5,7-8,11-12,14,17,19H,6,9-10,13,15-16H2,1-2H3,(H,25,28). The van der Waals surface area contributed by atoms with Crippen LogP contribution in [0.15, 0.2) is 53.4 Å². The lowest BCUT2D eigenvalue weighted by Gasteiger charge is -2.32. The molecule has 1 aliphatic heterocycles. The van der Waals surface area contributed by atoms with Crippen LogP contribution in [0.4, 0.5) is 5.69 Å². The molecule has 32 heavy (non-hydrogen) atoms. The van der Waals surface area contributed by atoms with Gasteiger partial charge in [0.15, 0.2) is 0 Å². The number of nitrogens with zero attached hydrogens (tertiary/aromatic N) is 2. The summed E-state index contributed by atoms with van der Waals surface area (Å²) in [5.74, 6) is -0.135. The topological polar surface area (TPSA) is 86.8 Å². The van der Waals surface area contributed by atoms with Gasteiger partial charge in [-0.25, -0.2) is 8.42 Å². The third-order valence-electron chi connectivity index (χ3n) is 6.37. The van der Waals surface area contributed by atoms with Gasteiger partial charge in [-0.15, -0.1) is 0 Å². The molecule has 0 bridgehead atoms. The lowest BCUT2D eigenvalue weighted by atomic mass is 9.84. The minimum atomic E-state index is -3.83. The predicted octanol–water partition coefficient (Wildman–Crippen LogP) is 2.70. The highest BCUT2D eigenvalue weighted by molar-refractivity contribution is 7.89. The van der Waals surface area contributed by atoms with Gasteiger partial charge in [-0.1, -0.05) is 36.8 Å². The van der Waals surface area contributed by atoms with Gasteiger partial charge in [0.05, 0.1) is 11.4 Å². The van der Waals surface area contributed by atoms with Gasteiger partial charge in [0, 0.05) is 31.2 Å². The van der Waals surface area contributed by atoms with Crippen molar-refractivity contribution in [2.24, 2.45) is 5.92 Å². The molecule has 2 aliphatic rings. The van der Waals surface area contributed by atoms with Crippen molar-refractivity contribution in [1.29, 1.82) is 0 Å². The molecule has 1 heterocycles. The molecule has 1 N–H and O–H groups in total. The second-order valence-corrected chi connectivity index (χ2v) is 10.7. The SMILES string of the molecule is CC1Cc2cc(S(=O)(=O)N(C)CC(=O)NCc3ccccc3)ccc2N1C(=O)C1CCC1. The van der Waals surface area contributed by atoms with E-state index in [1.165, 1.54) is 13.1 Å². The number of benzene rings is 2. The summed E-state index contributed by atoms with van der Waals surface area (Å²) in [5.41, 5.74) is 2.60. The van der Waals surface area contributed by atoms with E-state index in [9.17, 15) is 18.0 Å². The Morgan fingerprint density at radius 1 is 1.12 bits per heavy atom. The first kappa shape index (κ1) is 22.5. The minimum absolute atomic E-state index is 0.0116. The zero-order valence-corrected chi connectivity index (χ0v) is 19.3. The second kappa shape index (κ2) is 9.03. The summed E-state index contributed by atoms with van der Waals surface area (Å²) < 4.78 is 27.2. The zero-order chi connectivity index (χ0) is 22.9. The predicted molar refractivity (Wildman–Crippen MR) is 123 cm³/mol. The van der Waals surface area contributed by atoms with Gasteiger partial charge in [-0.2, -0.15) is 4.31 Å². The highest BCUT2D eigenvalue weighted by atomic mass is 32.2. The molecular formula is C24H29N3O4S. The molecule has 4 rings (SSSR count). The molecule has 2 aromatic carbocycles. The van der Waals surface area contributed by atoms with Gasteiger partial charge in [0.25, 0.3) is 0 Å². The molecule has 1 saturated carbocycles. The van der Waals surface area contributed by atoms with Crippen molar-refractivity contribution in [1.82, 2.24) is 9.62 Å². The third-order valence-corrected chi connectivity index (χ3v) is 8.16. The summed E-state index contributed by atoms with van der Waals surface area (Å²) in [7, 11) is -2.43. The monoisotopic (exact) mass is 455 g/mol. The van der Waals surface area contributed by atoms with E-state index in [-0.39, 0.29) is 35.2 Å². The molecule has 1 unspecified atom stereocenters. The van der Waals surface area contributed by atoms with Crippen LogP contribution in [0.3, 0.4) is 0 Å². The highest BCUT2D eigenvalue weighted by Gasteiger charge is 2.37. The Hall–Kier alpha value is -2.71. The van der Waals surface area contributed by atoms with Crippen LogP contribution in [0.1, 0.15) is 37.3 Å². The Kier molecular flexibility index (Phi) is 6.35. The number of hydrogen-bond acceptors (Lipinski definition) is 4. The third kappa shape index (κ3) is 4.42. The van der Waals surface area contributed by atoms with Crippen LogP contribution in [0, 0.1) is 5.92 Å². The van der Waals surface area contributed by atoms with Gasteiger partial charge < -0.3 is 10.2 Å². The summed E-state index contributed by atoms with van der Waals surface area (Å²) in [6.07, 6.45) is 3.58. The molecule has 1 atom stereocenters. The van der Waals surface area contributed by atoms with E-state index >= 15 is 0 Å². The van der Waals surface area contributed by atoms with E-state index in [4.69, 9.17) is 0 Å². The maximum Gasteiger partial charge on any atom is 0.243 e. The van der Waals surface area contributed by atoms with E-state index in [2.05, 4.69) is 5.32 Å². The summed E-state index contributed by atoms with van der Waals surface area (Å²) in [6, 6.07) is 14.4. The maximum atomic E-state index is 13.1. The smallest absolute Gasteiger partial charge is 0.243 e. The Balaban J connectivity index is 1.44. The van der Waals surface area contributed by atoms with Gasteiger partial charge in [0.2, 0.25) is 21.8 Å². The molecule has 1 aliphatic carbocycles. The van der Waals surface area contributed by atoms with Crippen molar-refractivity contribution in [2.75, 3.05) is 18.5 Å². The summed E-state index contributed by atoms with van der Waals surface area (Å²) in [6.45, 7) is 2.07. The minimum Gasteiger partial charge on any atom is -0.351 e. The molecular weight excluding hydrogens is 426 g/mol. The summed E-state index contributed by atoms with van der Waals surface area (Å²) >= 11 is 0. The number of amides is 2. The van der Waals surface area contributed by atoms with Gasteiger partial charge in [-0.3, -0.25) is 9.59 Å². The number of sulfonamides is 1. The molecule has 2 amide bonds. The van der Waals surface area contributed by atoms with Crippen LogP contribution in [-0.4, -0.2) is 44.2 Å². The first-order chi connectivity index (χ1) is 15.3. The van der Waals surface area contributed by atoms with Crippen molar-refractivity contribution >= 4 is 27.5 Å². The molecule has 1 fully saturated rings. The van der Waals surface area contributed by atoms with E-state index in [1.54, 1.807) is 12.1 Å². The Bertz CT molecular complexity index is 1110. The van der Waals surface area contributed by atoms with Crippen molar-refractivity contribution in [3.05, 3.63) is 59.7 Å². The molecule has 2 aromatic rings. The number of carbonyl (C=O) groups is 2. The molecule has 0 radical (unpaired) electrons. The van der Waals surface area contributed by atoms with Crippen LogP contribution < -0.4 is 10.2 Å². The lowest BCUT2D eigenvalue weighted by Crippen LogP contribution is -2.42. The van der Waals surface area contributed by atoms with Crippen LogP contribution in [-0.2, 0) is 32.6 Å². The van der Waals surface area contributed by atoms with Gasteiger partial charge in [0.1, 0.15) is 0 Å². The quantitative estimate of drug-likeness (QED) is 0.696. The van der Waals surface area contributed by atoms with Crippen LogP contribution in [0.25, 0.3) is 0 Å². The summed E-state index contributed by atoms with van der Waals surface area (Å²) in [5, 5.41) is 2.75. The van der Waals surface area contributed by atoms with Gasteiger partial charge >= 0.3 is 0 Å². The van der Waals surface area contributed by atoms with Gasteiger partial charge in [-0.05, 0) is 55.5 Å². The van der Waals surface area contributed by atoms with E-state index in [0.717, 1.165) is 40.4 Å². The van der Waals surface area contributed by atoms with Crippen molar-refractivity contribution < 1.29 is 18.0 Å². The fourth-order valence-corrected chi connectivity index (χ4v) is 5.45. The Morgan fingerprint density at radius 3 is 2.50 bits per heavy atom. The van der Waals surface area contributed by atoms with E-state index < -0.39 is 10.0 Å². The fourth-order valence-electron chi connectivity index (χ4n) is 4.28. The van der Waals surface area contributed by atoms with Crippen molar-refractivity contribution in [3.8, 4) is 0 Å². The van der Waals surface area contributed by atoms with Crippen LogP contribution >= 0.6 is 0 Å². The summed E-state index contributed by atoms with van der Waals surface area (Å²) in [4.78, 5) is 27.1. The average Bonchev–Trinajstić information content (AvgIpc) is 3.06. The zero-order valence-electron chi connectivity index (χ0n) is 18.5. The highest BCUT2D eigenvalue weighted by Crippen LogP contribution is 2.38. The molecule has 8 heteroatoms. The molecule has 7 nitrogen and oxygen atoms in total. The molecule has 0 saturated heterocycles. The van der Waals surface area contributed by atoms with Crippen molar-refractivity contribution in [3.63, 3.8) is 0 Å². The first-order valence-corrected chi connectivity index (χ1v) is 12.4. The Labute approximate surface area is 189 Å². The normalized spacial score (nSPS) is 18.3. The van der Waals surface area contributed by atoms with Crippen LogP contribution in [0.5, 0.6) is 0 Å².